The quantitative estimate of drug-likeness (QED) is 0.457. The van der Waals surface area contributed by atoms with E-state index in [9.17, 15) is 4.79 Å². The van der Waals surface area contributed by atoms with Crippen molar-refractivity contribution in [2.45, 2.75) is 32.3 Å². The van der Waals surface area contributed by atoms with Crippen LogP contribution in [0, 0.1) is 0 Å². The number of carbonyl (C=O) groups excluding carboxylic acids is 1. The molecule has 2 heterocycles. The van der Waals surface area contributed by atoms with Gasteiger partial charge in [-0.25, -0.2) is 5.43 Å². The van der Waals surface area contributed by atoms with Crippen LogP contribution in [0.2, 0.25) is 0 Å². The van der Waals surface area contributed by atoms with Gasteiger partial charge in [-0.05, 0) is 67.6 Å². The van der Waals surface area contributed by atoms with Crippen LogP contribution in [-0.2, 0) is 19.4 Å². The Balaban J connectivity index is 1.30. The molecule has 0 spiro atoms. The van der Waals surface area contributed by atoms with Crippen LogP contribution < -0.4 is 14.9 Å². The van der Waals surface area contributed by atoms with Gasteiger partial charge in [-0.2, -0.15) is 5.10 Å². The summed E-state index contributed by atoms with van der Waals surface area (Å²) in [5, 5.41) is 5.96. The Labute approximate surface area is 173 Å². The Morgan fingerprint density at radius 1 is 1.17 bits per heavy atom. The minimum absolute atomic E-state index is 0.171. The number of aryl methyl sites for hydroxylation is 1. The van der Waals surface area contributed by atoms with Gasteiger partial charge < -0.3 is 13.9 Å². The molecule has 0 saturated heterocycles. The SMILES string of the molecule is COc1ccc(OCc2ccc(C=NNC(=O)c3csc4c3CCCC4)o2)cc1. The summed E-state index contributed by atoms with van der Waals surface area (Å²) in [4.78, 5) is 13.7. The molecule has 29 heavy (non-hydrogen) atoms. The maximum Gasteiger partial charge on any atom is 0.272 e. The molecule has 0 unspecified atom stereocenters. The highest BCUT2D eigenvalue weighted by Crippen LogP contribution is 2.30. The van der Waals surface area contributed by atoms with E-state index < -0.39 is 0 Å². The van der Waals surface area contributed by atoms with Crippen molar-refractivity contribution in [1.82, 2.24) is 5.43 Å². The number of rotatable bonds is 7. The first kappa shape index (κ1) is 19.3. The third kappa shape index (κ3) is 4.68. The number of hydrogen-bond acceptors (Lipinski definition) is 6. The molecular weight excluding hydrogens is 388 g/mol. The molecule has 1 N–H and O–H groups in total. The number of thiophene rings is 1. The maximum atomic E-state index is 12.4. The van der Waals surface area contributed by atoms with Crippen molar-refractivity contribution in [3.8, 4) is 11.5 Å². The Bertz CT molecular complexity index is 1000. The zero-order valence-electron chi connectivity index (χ0n) is 16.1. The standard InChI is InChI=1S/C22H22N2O4S/c1-26-15-6-8-16(9-7-15)27-13-18-11-10-17(28-18)12-23-24-22(25)20-14-29-21-5-3-2-4-19(20)21/h6-12,14H,2-5,13H2,1H3,(H,24,25). The molecule has 150 valence electrons. The Hall–Kier alpha value is -3.06. The molecule has 1 aliphatic carbocycles. The van der Waals surface area contributed by atoms with Crippen LogP contribution >= 0.6 is 11.3 Å². The van der Waals surface area contributed by atoms with E-state index in [0.29, 0.717) is 18.1 Å². The highest BCUT2D eigenvalue weighted by atomic mass is 32.1. The number of fused-ring (bicyclic) bond motifs is 1. The second-order valence-corrected chi connectivity index (χ2v) is 7.69. The van der Waals surface area contributed by atoms with Crippen molar-refractivity contribution in [2.24, 2.45) is 5.10 Å². The lowest BCUT2D eigenvalue weighted by Crippen LogP contribution is -2.19. The molecule has 1 aliphatic rings. The first-order chi connectivity index (χ1) is 14.2. The second kappa shape index (κ2) is 8.96. The van der Waals surface area contributed by atoms with Gasteiger partial charge >= 0.3 is 0 Å². The van der Waals surface area contributed by atoms with E-state index >= 15 is 0 Å². The molecule has 7 heteroatoms. The van der Waals surface area contributed by atoms with Crippen molar-refractivity contribution < 1.29 is 18.7 Å². The molecule has 0 radical (unpaired) electrons. The number of furan rings is 1. The summed E-state index contributed by atoms with van der Waals surface area (Å²) in [6.45, 7) is 0.299. The summed E-state index contributed by atoms with van der Waals surface area (Å²) in [6.07, 6.45) is 5.88. The summed E-state index contributed by atoms with van der Waals surface area (Å²) in [7, 11) is 1.62. The number of benzene rings is 1. The van der Waals surface area contributed by atoms with Gasteiger partial charge in [-0.15, -0.1) is 11.3 Å². The first-order valence-electron chi connectivity index (χ1n) is 9.51. The molecule has 3 aromatic rings. The molecule has 1 amide bonds. The number of ether oxygens (including phenoxy) is 2. The molecule has 0 fully saturated rings. The predicted molar refractivity (Wildman–Crippen MR) is 112 cm³/mol. The number of hydrogen-bond donors (Lipinski definition) is 1. The first-order valence-corrected chi connectivity index (χ1v) is 10.4. The fraction of sp³-hybridized carbons (Fsp3) is 0.273. The summed E-state index contributed by atoms with van der Waals surface area (Å²) >= 11 is 1.67. The lowest BCUT2D eigenvalue weighted by molar-refractivity contribution is 0.0954. The summed E-state index contributed by atoms with van der Waals surface area (Å²) < 4.78 is 16.5. The van der Waals surface area contributed by atoms with E-state index in [-0.39, 0.29) is 5.91 Å². The number of nitrogens with one attached hydrogen (secondary N) is 1. The fourth-order valence-electron chi connectivity index (χ4n) is 3.27. The van der Waals surface area contributed by atoms with E-state index in [1.54, 1.807) is 24.5 Å². The van der Waals surface area contributed by atoms with Crippen molar-refractivity contribution in [3.05, 3.63) is 69.3 Å². The Morgan fingerprint density at radius 2 is 1.97 bits per heavy atom. The number of methoxy groups -OCH3 is 1. The van der Waals surface area contributed by atoms with Crippen molar-refractivity contribution >= 4 is 23.5 Å². The van der Waals surface area contributed by atoms with Gasteiger partial charge in [0.25, 0.3) is 5.91 Å². The minimum atomic E-state index is -0.171. The molecule has 6 nitrogen and oxygen atoms in total. The van der Waals surface area contributed by atoms with Crippen LogP contribution in [0.4, 0.5) is 0 Å². The average Bonchev–Trinajstić information content (AvgIpc) is 3.39. The van der Waals surface area contributed by atoms with E-state index in [4.69, 9.17) is 13.9 Å². The molecule has 0 aliphatic heterocycles. The smallest absolute Gasteiger partial charge is 0.272 e. The lowest BCUT2D eigenvalue weighted by Gasteiger charge is -2.11. The number of carbonyl (C=O) groups is 1. The van der Waals surface area contributed by atoms with E-state index in [2.05, 4.69) is 10.5 Å². The van der Waals surface area contributed by atoms with Gasteiger partial charge in [0.1, 0.15) is 29.6 Å². The van der Waals surface area contributed by atoms with E-state index in [1.807, 2.05) is 35.7 Å². The zero-order valence-corrected chi connectivity index (χ0v) is 17.0. The average molecular weight is 410 g/mol. The van der Waals surface area contributed by atoms with Crippen molar-refractivity contribution in [1.29, 1.82) is 0 Å². The monoisotopic (exact) mass is 410 g/mol. The normalized spacial score (nSPS) is 13.3. The lowest BCUT2D eigenvalue weighted by atomic mass is 9.96. The van der Waals surface area contributed by atoms with Gasteiger partial charge in [0.05, 0.1) is 18.9 Å². The number of hydrazone groups is 1. The van der Waals surface area contributed by atoms with Gasteiger partial charge in [0.15, 0.2) is 0 Å². The summed E-state index contributed by atoms with van der Waals surface area (Å²) in [6, 6.07) is 11.0. The Kier molecular flexibility index (Phi) is 5.95. The predicted octanol–water partition coefficient (Wildman–Crippen LogP) is 4.57. The van der Waals surface area contributed by atoms with Crippen molar-refractivity contribution in [3.63, 3.8) is 0 Å². The van der Waals surface area contributed by atoms with Gasteiger partial charge in [0.2, 0.25) is 0 Å². The summed E-state index contributed by atoms with van der Waals surface area (Å²) in [5.74, 6) is 2.55. The maximum absolute atomic E-state index is 12.4. The van der Waals surface area contributed by atoms with Gasteiger partial charge in [-0.1, -0.05) is 0 Å². The molecule has 0 saturated carbocycles. The van der Waals surface area contributed by atoms with E-state index in [0.717, 1.165) is 36.3 Å². The van der Waals surface area contributed by atoms with Crippen molar-refractivity contribution in [2.75, 3.05) is 7.11 Å². The third-order valence-electron chi connectivity index (χ3n) is 4.79. The minimum Gasteiger partial charge on any atom is -0.497 e. The highest BCUT2D eigenvalue weighted by Gasteiger charge is 2.19. The third-order valence-corrected chi connectivity index (χ3v) is 5.88. The molecular formula is C22H22N2O4S. The Morgan fingerprint density at radius 3 is 2.79 bits per heavy atom. The van der Waals surface area contributed by atoms with E-state index in [1.165, 1.54) is 23.1 Å². The summed E-state index contributed by atoms with van der Waals surface area (Å²) in [5.41, 5.74) is 4.53. The topological polar surface area (TPSA) is 73.1 Å². The largest absolute Gasteiger partial charge is 0.497 e. The number of nitrogens with zero attached hydrogens (tertiary/aromatic N) is 1. The van der Waals surface area contributed by atoms with Crippen LogP contribution in [0.15, 0.2) is 51.3 Å². The van der Waals surface area contributed by atoms with Crippen LogP contribution in [0.5, 0.6) is 11.5 Å². The molecule has 1 aromatic carbocycles. The highest BCUT2D eigenvalue weighted by molar-refractivity contribution is 7.10. The molecule has 0 bridgehead atoms. The zero-order chi connectivity index (χ0) is 20.1. The fourth-order valence-corrected chi connectivity index (χ4v) is 4.39. The van der Waals surface area contributed by atoms with Crippen LogP contribution in [0.1, 0.15) is 45.2 Å². The van der Waals surface area contributed by atoms with Gasteiger partial charge in [-0.3, -0.25) is 4.79 Å². The van der Waals surface area contributed by atoms with Crippen LogP contribution in [-0.4, -0.2) is 19.2 Å². The van der Waals surface area contributed by atoms with Gasteiger partial charge in [0, 0.05) is 10.3 Å². The molecule has 4 rings (SSSR count). The molecule has 0 atom stereocenters. The number of amides is 1. The molecule has 2 aromatic heterocycles. The van der Waals surface area contributed by atoms with Crippen LogP contribution in [0.25, 0.3) is 0 Å². The second-order valence-electron chi connectivity index (χ2n) is 6.73. The van der Waals surface area contributed by atoms with Crippen LogP contribution in [0.3, 0.4) is 0 Å².